The van der Waals surface area contributed by atoms with Crippen LogP contribution in [0.4, 0.5) is 0 Å². The van der Waals surface area contributed by atoms with E-state index >= 15 is 0 Å². The van der Waals surface area contributed by atoms with Gasteiger partial charge in [0, 0.05) is 18.9 Å². The predicted octanol–water partition coefficient (Wildman–Crippen LogP) is 3.83. The molecule has 0 saturated carbocycles. The number of thioether (sulfide) groups is 1. The van der Waals surface area contributed by atoms with Crippen LogP contribution in [-0.2, 0) is 0 Å². The fraction of sp³-hybridized carbons (Fsp3) is 1.00. The lowest BCUT2D eigenvalue weighted by Gasteiger charge is -2.04. The Kier molecular flexibility index (Phi) is 17.5. The van der Waals surface area contributed by atoms with E-state index in [0.29, 0.717) is 6.61 Å². The minimum atomic E-state index is 0.332. The summed E-state index contributed by atoms with van der Waals surface area (Å²) in [6.45, 7) is 4.90. The first-order valence-electron chi connectivity index (χ1n) is 7.81. The zero-order valence-electron chi connectivity index (χ0n) is 12.3. The molecular weight excluding hydrogens is 242 g/mol. The Morgan fingerprint density at radius 3 is 2.11 bits per heavy atom. The third kappa shape index (κ3) is 16.3. The molecule has 0 aromatic carbocycles. The van der Waals surface area contributed by atoms with Crippen LogP contribution in [0.5, 0.6) is 0 Å². The second-order valence-corrected chi connectivity index (χ2v) is 6.14. The van der Waals surface area contributed by atoms with Gasteiger partial charge in [-0.05, 0) is 25.1 Å². The number of hydrogen-bond acceptors (Lipinski definition) is 3. The lowest BCUT2D eigenvalue weighted by molar-refractivity contribution is 0.296. The molecule has 0 unspecified atom stereocenters. The van der Waals surface area contributed by atoms with Crippen molar-refractivity contribution in [3.63, 3.8) is 0 Å². The van der Waals surface area contributed by atoms with Crippen molar-refractivity contribution < 1.29 is 5.11 Å². The Balaban J connectivity index is 2.86. The third-order valence-corrected chi connectivity index (χ3v) is 4.15. The maximum Gasteiger partial charge on any atom is 0.0438 e. The zero-order chi connectivity index (χ0) is 13.3. The quantitative estimate of drug-likeness (QED) is 0.446. The molecule has 0 saturated heterocycles. The number of unbranched alkanes of at least 4 members (excludes halogenated alkanes) is 7. The van der Waals surface area contributed by atoms with Crippen molar-refractivity contribution in [1.82, 2.24) is 5.32 Å². The van der Waals surface area contributed by atoms with E-state index in [1.165, 1.54) is 63.7 Å². The first-order valence-corrected chi connectivity index (χ1v) is 8.96. The van der Waals surface area contributed by atoms with Gasteiger partial charge < -0.3 is 10.4 Å². The average molecular weight is 276 g/mol. The van der Waals surface area contributed by atoms with Crippen LogP contribution in [0.3, 0.4) is 0 Å². The average Bonchev–Trinajstić information content (AvgIpc) is 2.39. The van der Waals surface area contributed by atoms with Crippen molar-refractivity contribution >= 4 is 11.8 Å². The molecule has 0 rings (SSSR count). The van der Waals surface area contributed by atoms with Crippen LogP contribution in [0.15, 0.2) is 0 Å². The van der Waals surface area contributed by atoms with Crippen LogP contribution in [0.2, 0.25) is 0 Å². The summed E-state index contributed by atoms with van der Waals surface area (Å²) in [7, 11) is 0. The lowest BCUT2D eigenvalue weighted by atomic mass is 10.1. The highest BCUT2D eigenvalue weighted by molar-refractivity contribution is 7.99. The Morgan fingerprint density at radius 1 is 0.778 bits per heavy atom. The molecular formula is C15H33NOS. The third-order valence-electron chi connectivity index (χ3n) is 3.08. The van der Waals surface area contributed by atoms with Crippen molar-refractivity contribution in [2.24, 2.45) is 0 Å². The monoisotopic (exact) mass is 275 g/mol. The van der Waals surface area contributed by atoms with E-state index in [2.05, 4.69) is 12.2 Å². The molecule has 0 aliphatic heterocycles. The fourth-order valence-electron chi connectivity index (χ4n) is 1.92. The van der Waals surface area contributed by atoms with E-state index in [0.717, 1.165) is 18.7 Å². The maximum absolute atomic E-state index is 8.63. The van der Waals surface area contributed by atoms with Gasteiger partial charge in [-0.25, -0.2) is 0 Å². The number of aliphatic hydroxyl groups excluding tert-OH is 1. The molecule has 0 bridgehead atoms. The molecule has 0 atom stereocenters. The largest absolute Gasteiger partial charge is 0.396 e. The van der Waals surface area contributed by atoms with Gasteiger partial charge in [-0.1, -0.05) is 51.9 Å². The molecule has 110 valence electrons. The van der Waals surface area contributed by atoms with Gasteiger partial charge in [0.15, 0.2) is 0 Å². The number of nitrogens with one attached hydrogen (secondary N) is 1. The van der Waals surface area contributed by atoms with Gasteiger partial charge in [0.1, 0.15) is 0 Å². The zero-order valence-corrected chi connectivity index (χ0v) is 13.1. The summed E-state index contributed by atoms with van der Waals surface area (Å²) < 4.78 is 0. The summed E-state index contributed by atoms with van der Waals surface area (Å²) in [6.07, 6.45) is 12.1. The summed E-state index contributed by atoms with van der Waals surface area (Å²) in [6, 6.07) is 0. The van der Waals surface area contributed by atoms with Gasteiger partial charge in [-0.3, -0.25) is 0 Å². The van der Waals surface area contributed by atoms with Crippen molar-refractivity contribution in [2.45, 2.75) is 64.7 Å². The second-order valence-electron chi connectivity index (χ2n) is 4.91. The first kappa shape index (κ1) is 18.3. The highest BCUT2D eigenvalue weighted by Gasteiger charge is 1.92. The summed E-state index contributed by atoms with van der Waals surface area (Å²) in [4.78, 5) is 0. The van der Waals surface area contributed by atoms with Gasteiger partial charge in [-0.2, -0.15) is 11.8 Å². The predicted molar refractivity (Wildman–Crippen MR) is 84.5 cm³/mol. The Labute approximate surface area is 118 Å². The molecule has 0 aliphatic carbocycles. The van der Waals surface area contributed by atoms with E-state index < -0.39 is 0 Å². The Hall–Kier alpha value is 0.270. The van der Waals surface area contributed by atoms with Crippen molar-refractivity contribution in [3.8, 4) is 0 Å². The van der Waals surface area contributed by atoms with Gasteiger partial charge >= 0.3 is 0 Å². The maximum atomic E-state index is 8.63. The summed E-state index contributed by atoms with van der Waals surface area (Å²) in [5, 5.41) is 12.1. The van der Waals surface area contributed by atoms with Crippen LogP contribution < -0.4 is 5.32 Å². The SMILES string of the molecule is CCCCCCCCCCNCCSCCCO. The van der Waals surface area contributed by atoms with Gasteiger partial charge in [-0.15, -0.1) is 0 Å². The second kappa shape index (κ2) is 17.3. The van der Waals surface area contributed by atoms with Crippen molar-refractivity contribution in [3.05, 3.63) is 0 Å². The topological polar surface area (TPSA) is 32.3 Å². The molecule has 0 aromatic heterocycles. The Morgan fingerprint density at radius 2 is 1.44 bits per heavy atom. The minimum Gasteiger partial charge on any atom is -0.396 e. The standard InChI is InChI=1S/C15H33NOS/c1-2-3-4-5-6-7-8-9-11-16-12-15-18-14-10-13-17/h16-17H,2-15H2,1H3. The minimum absolute atomic E-state index is 0.332. The molecule has 0 heterocycles. The van der Waals surface area contributed by atoms with E-state index in [1.54, 1.807) is 0 Å². The Bertz CT molecular complexity index is 128. The molecule has 2 N–H and O–H groups in total. The van der Waals surface area contributed by atoms with Gasteiger partial charge in [0.05, 0.1) is 0 Å². The van der Waals surface area contributed by atoms with Crippen LogP contribution in [0, 0.1) is 0 Å². The van der Waals surface area contributed by atoms with Crippen molar-refractivity contribution in [1.29, 1.82) is 0 Å². The lowest BCUT2D eigenvalue weighted by Crippen LogP contribution is -2.18. The van der Waals surface area contributed by atoms with Crippen LogP contribution in [0.25, 0.3) is 0 Å². The molecule has 0 spiro atoms. The van der Waals surface area contributed by atoms with Crippen molar-refractivity contribution in [2.75, 3.05) is 31.2 Å². The molecule has 18 heavy (non-hydrogen) atoms. The molecule has 0 fully saturated rings. The van der Waals surface area contributed by atoms with Crippen LogP contribution in [0.1, 0.15) is 64.7 Å². The van der Waals surface area contributed by atoms with E-state index in [9.17, 15) is 0 Å². The fourth-order valence-corrected chi connectivity index (χ4v) is 2.75. The molecule has 0 radical (unpaired) electrons. The molecule has 0 aromatic rings. The highest BCUT2D eigenvalue weighted by atomic mass is 32.2. The smallest absolute Gasteiger partial charge is 0.0438 e. The van der Waals surface area contributed by atoms with Gasteiger partial charge in [0.25, 0.3) is 0 Å². The number of hydrogen-bond donors (Lipinski definition) is 2. The highest BCUT2D eigenvalue weighted by Crippen LogP contribution is 2.07. The molecule has 3 heteroatoms. The van der Waals surface area contributed by atoms with E-state index in [1.807, 2.05) is 11.8 Å². The van der Waals surface area contributed by atoms with Gasteiger partial charge in [0.2, 0.25) is 0 Å². The normalized spacial score (nSPS) is 11.0. The summed E-state index contributed by atoms with van der Waals surface area (Å²) in [5.74, 6) is 2.27. The molecule has 0 aliphatic rings. The number of aliphatic hydroxyl groups is 1. The number of rotatable bonds is 15. The molecule has 2 nitrogen and oxygen atoms in total. The van der Waals surface area contributed by atoms with E-state index in [4.69, 9.17) is 5.11 Å². The van der Waals surface area contributed by atoms with Crippen LogP contribution >= 0.6 is 11.8 Å². The summed E-state index contributed by atoms with van der Waals surface area (Å²) >= 11 is 1.93. The van der Waals surface area contributed by atoms with E-state index in [-0.39, 0.29) is 0 Å². The molecule has 0 amide bonds. The summed E-state index contributed by atoms with van der Waals surface area (Å²) in [5.41, 5.74) is 0. The van der Waals surface area contributed by atoms with Crippen LogP contribution in [-0.4, -0.2) is 36.3 Å². The first-order chi connectivity index (χ1) is 8.91.